The van der Waals surface area contributed by atoms with Gasteiger partial charge in [-0.1, -0.05) is 37.3 Å². The molecular weight excluding hydrogens is 280 g/mol. The first-order valence-electron chi connectivity index (χ1n) is 7.22. The van der Waals surface area contributed by atoms with Crippen LogP contribution in [0.15, 0.2) is 47.4 Å². The second-order valence-corrected chi connectivity index (χ2v) is 5.77. The fourth-order valence-electron chi connectivity index (χ4n) is 2.05. The summed E-state index contributed by atoms with van der Waals surface area (Å²) in [4.78, 5) is 1.13. The van der Waals surface area contributed by atoms with Gasteiger partial charge in [0.2, 0.25) is 0 Å². The number of benzene rings is 2. The molecule has 0 radical (unpaired) electrons. The third-order valence-corrected chi connectivity index (χ3v) is 3.82. The third kappa shape index (κ3) is 4.43. The first-order chi connectivity index (χ1) is 10.2. The molecule has 0 aliphatic rings. The minimum absolute atomic E-state index is 0.556. The van der Waals surface area contributed by atoms with Gasteiger partial charge in [-0.2, -0.15) is 0 Å². The molecule has 0 spiro atoms. The average molecular weight is 302 g/mol. The van der Waals surface area contributed by atoms with Gasteiger partial charge in [0.05, 0.1) is 11.5 Å². The van der Waals surface area contributed by atoms with E-state index in [4.69, 9.17) is 9.47 Å². The number of aryl methyl sites for hydroxylation is 1. The molecule has 2 aromatic rings. The van der Waals surface area contributed by atoms with Crippen molar-refractivity contribution in [3.8, 4) is 11.5 Å². The van der Waals surface area contributed by atoms with Crippen molar-refractivity contribution in [1.29, 1.82) is 0 Å². The fourth-order valence-corrected chi connectivity index (χ4v) is 2.70. The number of rotatable bonds is 7. The molecule has 0 heterocycles. The highest BCUT2D eigenvalue weighted by molar-refractivity contribution is 7.98. The van der Waals surface area contributed by atoms with Crippen molar-refractivity contribution in [2.75, 3.05) is 12.9 Å². The maximum Gasteiger partial charge on any atom is 0.174 e. The lowest BCUT2D eigenvalue weighted by molar-refractivity contribution is 0.257. The summed E-state index contributed by atoms with van der Waals surface area (Å²) in [6, 6.07) is 14.4. The SMILES string of the molecule is CCCOc1c(OCc2ccccc2)cc(C)cc1SC. The van der Waals surface area contributed by atoms with Crippen molar-refractivity contribution in [2.24, 2.45) is 0 Å². The van der Waals surface area contributed by atoms with Gasteiger partial charge in [0.15, 0.2) is 11.5 Å². The van der Waals surface area contributed by atoms with Gasteiger partial charge in [0, 0.05) is 0 Å². The van der Waals surface area contributed by atoms with Gasteiger partial charge in [0.1, 0.15) is 6.61 Å². The van der Waals surface area contributed by atoms with Crippen LogP contribution in [0.25, 0.3) is 0 Å². The molecular formula is C18H22O2S. The van der Waals surface area contributed by atoms with Crippen molar-refractivity contribution in [3.05, 3.63) is 53.6 Å². The lowest BCUT2D eigenvalue weighted by atomic mass is 10.2. The Hall–Kier alpha value is -1.61. The van der Waals surface area contributed by atoms with Crippen LogP contribution in [-0.4, -0.2) is 12.9 Å². The van der Waals surface area contributed by atoms with E-state index < -0.39 is 0 Å². The van der Waals surface area contributed by atoms with E-state index in [0.29, 0.717) is 13.2 Å². The molecule has 21 heavy (non-hydrogen) atoms. The van der Waals surface area contributed by atoms with Crippen molar-refractivity contribution in [3.63, 3.8) is 0 Å². The zero-order valence-electron chi connectivity index (χ0n) is 12.9. The highest BCUT2D eigenvalue weighted by atomic mass is 32.2. The first kappa shape index (κ1) is 15.8. The topological polar surface area (TPSA) is 18.5 Å². The molecule has 0 bridgehead atoms. The monoisotopic (exact) mass is 302 g/mol. The molecule has 2 rings (SSSR count). The van der Waals surface area contributed by atoms with Crippen molar-refractivity contribution >= 4 is 11.8 Å². The Labute approximate surface area is 131 Å². The number of thioether (sulfide) groups is 1. The van der Waals surface area contributed by atoms with Crippen LogP contribution in [0.5, 0.6) is 11.5 Å². The highest BCUT2D eigenvalue weighted by Gasteiger charge is 2.12. The van der Waals surface area contributed by atoms with Gasteiger partial charge in [-0.15, -0.1) is 11.8 Å². The highest BCUT2D eigenvalue weighted by Crippen LogP contribution is 2.38. The quantitative estimate of drug-likeness (QED) is 0.664. The molecule has 0 amide bonds. The molecule has 0 saturated carbocycles. The van der Waals surface area contributed by atoms with Gasteiger partial charge in [-0.3, -0.25) is 0 Å². The van der Waals surface area contributed by atoms with E-state index in [9.17, 15) is 0 Å². The molecule has 0 aromatic heterocycles. The minimum atomic E-state index is 0.556. The Balaban J connectivity index is 2.21. The minimum Gasteiger partial charge on any atom is -0.489 e. The molecule has 3 heteroatoms. The normalized spacial score (nSPS) is 10.4. The second-order valence-electron chi connectivity index (χ2n) is 4.92. The standard InChI is InChI=1S/C18H22O2S/c1-4-10-19-18-16(11-14(2)12-17(18)21-3)20-13-15-8-6-5-7-9-15/h5-9,11-12H,4,10,13H2,1-3H3. The van der Waals surface area contributed by atoms with Gasteiger partial charge in [-0.05, 0) is 42.9 Å². The van der Waals surface area contributed by atoms with E-state index in [1.54, 1.807) is 11.8 Å². The second kappa shape index (κ2) is 7.99. The Morgan fingerprint density at radius 1 is 1.05 bits per heavy atom. The van der Waals surface area contributed by atoms with E-state index in [1.165, 1.54) is 5.56 Å². The summed E-state index contributed by atoms with van der Waals surface area (Å²) < 4.78 is 11.9. The van der Waals surface area contributed by atoms with Crippen molar-refractivity contribution in [1.82, 2.24) is 0 Å². The Morgan fingerprint density at radius 3 is 2.48 bits per heavy atom. The third-order valence-electron chi connectivity index (χ3n) is 3.07. The van der Waals surface area contributed by atoms with Crippen LogP contribution in [0, 0.1) is 6.92 Å². The lowest BCUT2D eigenvalue weighted by Gasteiger charge is -2.16. The van der Waals surface area contributed by atoms with Crippen LogP contribution < -0.4 is 9.47 Å². The molecule has 0 saturated heterocycles. The zero-order valence-corrected chi connectivity index (χ0v) is 13.7. The number of hydrogen-bond donors (Lipinski definition) is 0. The van der Waals surface area contributed by atoms with E-state index in [-0.39, 0.29) is 0 Å². The largest absolute Gasteiger partial charge is 0.489 e. The van der Waals surface area contributed by atoms with Crippen LogP contribution in [0.4, 0.5) is 0 Å². The van der Waals surface area contributed by atoms with Crippen LogP contribution in [0.3, 0.4) is 0 Å². The smallest absolute Gasteiger partial charge is 0.174 e. The first-order valence-corrected chi connectivity index (χ1v) is 8.45. The summed E-state index contributed by atoms with van der Waals surface area (Å²) in [6.07, 6.45) is 3.05. The Kier molecular flexibility index (Phi) is 6.00. The van der Waals surface area contributed by atoms with Crippen LogP contribution >= 0.6 is 11.8 Å². The lowest BCUT2D eigenvalue weighted by Crippen LogP contribution is -2.02. The van der Waals surface area contributed by atoms with E-state index in [1.807, 2.05) is 24.3 Å². The van der Waals surface area contributed by atoms with Crippen molar-refractivity contribution in [2.45, 2.75) is 31.8 Å². The molecule has 0 unspecified atom stereocenters. The summed E-state index contributed by atoms with van der Waals surface area (Å²) in [7, 11) is 0. The van der Waals surface area contributed by atoms with Gasteiger partial charge >= 0.3 is 0 Å². The van der Waals surface area contributed by atoms with E-state index >= 15 is 0 Å². The number of ether oxygens (including phenoxy) is 2. The molecule has 0 N–H and O–H groups in total. The van der Waals surface area contributed by atoms with Crippen LogP contribution in [0.1, 0.15) is 24.5 Å². The predicted molar refractivity (Wildman–Crippen MR) is 89.5 cm³/mol. The number of hydrogen-bond acceptors (Lipinski definition) is 3. The Morgan fingerprint density at radius 2 is 1.81 bits per heavy atom. The maximum absolute atomic E-state index is 6.01. The van der Waals surface area contributed by atoms with Gasteiger partial charge in [0.25, 0.3) is 0 Å². The van der Waals surface area contributed by atoms with E-state index in [0.717, 1.165) is 28.4 Å². The summed E-state index contributed by atoms with van der Waals surface area (Å²) in [5.41, 5.74) is 2.34. The summed E-state index contributed by atoms with van der Waals surface area (Å²) in [5, 5.41) is 0. The fraction of sp³-hybridized carbons (Fsp3) is 0.333. The zero-order chi connectivity index (χ0) is 15.1. The molecule has 2 nitrogen and oxygen atoms in total. The van der Waals surface area contributed by atoms with Crippen LogP contribution in [-0.2, 0) is 6.61 Å². The molecule has 0 aliphatic heterocycles. The van der Waals surface area contributed by atoms with Gasteiger partial charge in [-0.25, -0.2) is 0 Å². The van der Waals surface area contributed by atoms with Crippen molar-refractivity contribution < 1.29 is 9.47 Å². The molecule has 0 aliphatic carbocycles. The van der Waals surface area contributed by atoms with Gasteiger partial charge < -0.3 is 9.47 Å². The van der Waals surface area contributed by atoms with Crippen LogP contribution in [0.2, 0.25) is 0 Å². The molecule has 112 valence electrons. The average Bonchev–Trinajstić information content (AvgIpc) is 2.52. The molecule has 2 aromatic carbocycles. The summed E-state index contributed by atoms with van der Waals surface area (Å²) in [6.45, 7) is 5.45. The molecule has 0 fully saturated rings. The Bertz CT molecular complexity index is 567. The maximum atomic E-state index is 6.01. The molecule has 0 atom stereocenters. The van der Waals surface area contributed by atoms with E-state index in [2.05, 4.69) is 38.3 Å². The summed E-state index contributed by atoms with van der Waals surface area (Å²) >= 11 is 1.69. The predicted octanol–water partition coefficient (Wildman–Crippen LogP) is 5.08. The summed E-state index contributed by atoms with van der Waals surface area (Å²) in [5.74, 6) is 1.70.